The number of benzene rings is 1. The quantitative estimate of drug-likeness (QED) is 0.585. The molecule has 0 spiro atoms. The Bertz CT molecular complexity index is 306. The molecule has 0 aliphatic carbocycles. The Morgan fingerprint density at radius 3 is 2.79 bits per heavy atom. The van der Waals surface area contributed by atoms with Gasteiger partial charge in [0.05, 0.1) is 11.5 Å². The number of hydrogen-bond acceptors (Lipinski definition) is 3. The third-order valence-corrected chi connectivity index (χ3v) is 2.78. The van der Waals surface area contributed by atoms with E-state index in [0.717, 1.165) is 30.1 Å². The van der Waals surface area contributed by atoms with Gasteiger partial charge in [-0.15, -0.1) is 0 Å². The Balaban J connectivity index is 2.07. The highest BCUT2D eigenvalue weighted by Gasteiger charge is 2.18. The van der Waals surface area contributed by atoms with E-state index in [0.29, 0.717) is 0 Å². The first-order valence-corrected chi connectivity index (χ1v) is 5.20. The number of nitrogens with one attached hydrogen (secondary N) is 1. The van der Waals surface area contributed by atoms with Crippen LogP contribution >= 0.6 is 12.2 Å². The van der Waals surface area contributed by atoms with E-state index in [1.165, 1.54) is 0 Å². The van der Waals surface area contributed by atoms with Crippen LogP contribution in [0.15, 0.2) is 30.3 Å². The molecule has 1 atom stereocenters. The molecule has 0 aromatic heterocycles. The summed E-state index contributed by atoms with van der Waals surface area (Å²) in [6, 6.07) is 10.0. The van der Waals surface area contributed by atoms with Crippen molar-refractivity contribution in [3.05, 3.63) is 35.9 Å². The molecule has 1 heterocycles. The highest BCUT2D eigenvalue weighted by molar-refractivity contribution is 7.81. The van der Waals surface area contributed by atoms with Crippen molar-refractivity contribution in [1.29, 1.82) is 0 Å². The van der Waals surface area contributed by atoms with Gasteiger partial charge in [-0.05, 0) is 5.56 Å². The number of morpholine rings is 1. The highest BCUT2D eigenvalue weighted by Crippen LogP contribution is 2.09. The van der Waals surface area contributed by atoms with Crippen molar-refractivity contribution in [2.45, 2.75) is 6.10 Å². The van der Waals surface area contributed by atoms with Crippen LogP contribution in [-0.2, 0) is 4.74 Å². The van der Waals surface area contributed by atoms with Gasteiger partial charge >= 0.3 is 0 Å². The van der Waals surface area contributed by atoms with E-state index in [1.54, 1.807) is 0 Å². The lowest BCUT2D eigenvalue weighted by Gasteiger charge is -2.24. The second-order valence-corrected chi connectivity index (χ2v) is 3.73. The molecule has 1 aromatic carbocycles. The lowest BCUT2D eigenvalue weighted by molar-refractivity contribution is 0.0729. The Hall–Kier alpha value is -0.770. The van der Waals surface area contributed by atoms with Crippen molar-refractivity contribution in [3.8, 4) is 0 Å². The number of hydrogen-bond donors (Lipinski definition) is 1. The van der Waals surface area contributed by atoms with E-state index < -0.39 is 0 Å². The molecule has 1 unspecified atom stereocenters. The smallest absolute Gasteiger partial charge is 0.106 e. The Kier molecular flexibility index (Phi) is 3.24. The second-order valence-electron chi connectivity index (χ2n) is 3.29. The lowest BCUT2D eigenvalue weighted by Crippen LogP contribution is -2.42. The molecule has 1 fully saturated rings. The fourth-order valence-electron chi connectivity index (χ4n) is 1.52. The van der Waals surface area contributed by atoms with Crippen LogP contribution in [0.5, 0.6) is 0 Å². The Morgan fingerprint density at radius 2 is 2.14 bits per heavy atom. The molecule has 1 aliphatic heterocycles. The van der Waals surface area contributed by atoms with Crippen LogP contribution in [0.25, 0.3) is 0 Å². The summed E-state index contributed by atoms with van der Waals surface area (Å²) < 4.78 is 5.59. The van der Waals surface area contributed by atoms with Crippen molar-refractivity contribution in [1.82, 2.24) is 5.32 Å². The molecule has 0 radical (unpaired) electrons. The number of rotatable bonds is 2. The van der Waals surface area contributed by atoms with Crippen LogP contribution in [-0.4, -0.2) is 30.7 Å². The van der Waals surface area contributed by atoms with Gasteiger partial charge in [0, 0.05) is 13.1 Å². The minimum absolute atomic E-state index is 0.0566. The summed E-state index contributed by atoms with van der Waals surface area (Å²) in [5.74, 6) is 0. The zero-order valence-corrected chi connectivity index (χ0v) is 8.72. The first-order valence-electron chi connectivity index (χ1n) is 4.79. The Labute approximate surface area is 89.3 Å². The predicted molar refractivity (Wildman–Crippen MR) is 60.8 cm³/mol. The molecule has 2 rings (SSSR count). The fraction of sp³-hybridized carbons (Fsp3) is 0.364. The van der Waals surface area contributed by atoms with Crippen molar-refractivity contribution >= 4 is 17.1 Å². The van der Waals surface area contributed by atoms with Gasteiger partial charge in [-0.25, -0.2) is 0 Å². The third-order valence-electron chi connectivity index (χ3n) is 2.28. The normalized spacial score (nSPS) is 21.9. The molecule has 2 nitrogen and oxygen atoms in total. The second kappa shape index (κ2) is 4.64. The summed E-state index contributed by atoms with van der Waals surface area (Å²) in [7, 11) is 0. The summed E-state index contributed by atoms with van der Waals surface area (Å²) in [4.78, 5) is 0.901. The van der Waals surface area contributed by atoms with Crippen molar-refractivity contribution < 1.29 is 4.74 Å². The summed E-state index contributed by atoms with van der Waals surface area (Å²) >= 11 is 5.38. The molecule has 0 saturated carbocycles. The van der Waals surface area contributed by atoms with Crippen molar-refractivity contribution in [2.24, 2.45) is 0 Å². The van der Waals surface area contributed by atoms with Crippen molar-refractivity contribution in [2.75, 3.05) is 19.7 Å². The van der Waals surface area contributed by atoms with E-state index in [2.05, 4.69) is 5.32 Å². The number of ether oxygens (including phenoxy) is 1. The van der Waals surface area contributed by atoms with E-state index in [-0.39, 0.29) is 6.10 Å². The molecular weight excluding hydrogens is 194 g/mol. The minimum Gasteiger partial charge on any atom is -0.370 e. The van der Waals surface area contributed by atoms with Crippen LogP contribution in [0.2, 0.25) is 0 Å². The van der Waals surface area contributed by atoms with Crippen LogP contribution in [0, 0.1) is 0 Å². The van der Waals surface area contributed by atoms with E-state index in [9.17, 15) is 0 Å². The van der Waals surface area contributed by atoms with Gasteiger partial charge in [0.2, 0.25) is 0 Å². The standard InChI is InChI=1S/C11H13NOS/c14-11(9-4-2-1-3-5-9)10-8-12-6-7-13-10/h1-5,10,12H,6-8H2. The fourth-order valence-corrected chi connectivity index (χ4v) is 1.81. The molecule has 74 valence electrons. The van der Waals surface area contributed by atoms with Gasteiger partial charge in [0.25, 0.3) is 0 Å². The molecule has 3 heteroatoms. The monoisotopic (exact) mass is 207 g/mol. The molecule has 0 amide bonds. The lowest BCUT2D eigenvalue weighted by atomic mass is 10.1. The first-order chi connectivity index (χ1) is 6.88. The van der Waals surface area contributed by atoms with Gasteiger partial charge < -0.3 is 10.1 Å². The average molecular weight is 207 g/mol. The molecule has 1 N–H and O–H groups in total. The Morgan fingerprint density at radius 1 is 1.36 bits per heavy atom. The van der Waals surface area contributed by atoms with Crippen LogP contribution in [0.4, 0.5) is 0 Å². The largest absolute Gasteiger partial charge is 0.370 e. The van der Waals surface area contributed by atoms with Crippen LogP contribution in [0.3, 0.4) is 0 Å². The highest BCUT2D eigenvalue weighted by atomic mass is 32.1. The van der Waals surface area contributed by atoms with Gasteiger partial charge in [0.1, 0.15) is 6.10 Å². The molecule has 14 heavy (non-hydrogen) atoms. The van der Waals surface area contributed by atoms with Crippen LogP contribution < -0.4 is 5.32 Å². The SMILES string of the molecule is S=C(c1ccccc1)C1CNCCO1. The maximum atomic E-state index is 5.59. The van der Waals surface area contributed by atoms with Crippen molar-refractivity contribution in [3.63, 3.8) is 0 Å². The topological polar surface area (TPSA) is 21.3 Å². The van der Waals surface area contributed by atoms with Gasteiger partial charge in [-0.1, -0.05) is 42.5 Å². The van der Waals surface area contributed by atoms with E-state index in [4.69, 9.17) is 17.0 Å². The molecular formula is C11H13NOS. The van der Waals surface area contributed by atoms with Gasteiger partial charge in [-0.2, -0.15) is 0 Å². The summed E-state index contributed by atoms with van der Waals surface area (Å²) in [6.07, 6.45) is 0.0566. The summed E-state index contributed by atoms with van der Waals surface area (Å²) in [5, 5.41) is 3.27. The molecule has 1 aliphatic rings. The summed E-state index contributed by atoms with van der Waals surface area (Å²) in [6.45, 7) is 2.50. The zero-order chi connectivity index (χ0) is 9.80. The van der Waals surface area contributed by atoms with Gasteiger partial charge in [-0.3, -0.25) is 0 Å². The number of thiocarbonyl (C=S) groups is 1. The average Bonchev–Trinajstić information content (AvgIpc) is 2.30. The molecule has 0 bridgehead atoms. The minimum atomic E-state index is 0.0566. The van der Waals surface area contributed by atoms with E-state index in [1.807, 2.05) is 30.3 Å². The maximum absolute atomic E-state index is 5.59. The van der Waals surface area contributed by atoms with E-state index >= 15 is 0 Å². The first kappa shape index (κ1) is 9.77. The molecule has 1 saturated heterocycles. The third kappa shape index (κ3) is 2.18. The van der Waals surface area contributed by atoms with Crippen LogP contribution in [0.1, 0.15) is 5.56 Å². The molecule has 1 aromatic rings. The van der Waals surface area contributed by atoms with Gasteiger partial charge in [0.15, 0.2) is 0 Å². The maximum Gasteiger partial charge on any atom is 0.106 e. The summed E-state index contributed by atoms with van der Waals surface area (Å²) in [5.41, 5.74) is 1.09. The zero-order valence-electron chi connectivity index (χ0n) is 7.90. The predicted octanol–water partition coefficient (Wildman–Crippen LogP) is 1.39.